The quantitative estimate of drug-likeness (QED) is 0.535. The number of carbonyl (C=O) groups is 1. The lowest BCUT2D eigenvalue weighted by Crippen LogP contribution is -2.43. The Morgan fingerprint density at radius 2 is 1.67 bits per heavy atom. The summed E-state index contributed by atoms with van der Waals surface area (Å²) >= 11 is 0. The van der Waals surface area contributed by atoms with Crippen LogP contribution in [-0.4, -0.2) is 48.8 Å². The van der Waals surface area contributed by atoms with Crippen molar-refractivity contribution >= 4 is 5.78 Å². The van der Waals surface area contributed by atoms with Gasteiger partial charge in [-0.2, -0.15) is 0 Å². The van der Waals surface area contributed by atoms with Gasteiger partial charge in [-0.1, -0.05) is 62.4 Å². The highest BCUT2D eigenvalue weighted by molar-refractivity contribution is 5.86. The van der Waals surface area contributed by atoms with E-state index in [-0.39, 0.29) is 5.41 Å². The molecule has 0 unspecified atom stereocenters. The van der Waals surface area contributed by atoms with Crippen LogP contribution in [0.15, 0.2) is 54.1 Å². The lowest BCUT2D eigenvalue weighted by molar-refractivity contribution is -0.126. The van der Waals surface area contributed by atoms with Crippen molar-refractivity contribution in [1.82, 2.24) is 9.80 Å². The van der Waals surface area contributed by atoms with Crippen molar-refractivity contribution in [2.24, 2.45) is 5.41 Å². The standard InChI is InChI=1S/C14H21NO.C13H21N/c1-12(16)14(8-10-15(2)11-9-14)13-6-4-3-5-7-13;1-3-10-14(11-4-2)12-13-8-6-5-7-9-13/h4,6-7H,3,5,8-11H2,1-2H3;5-9H,3-4,10-12H2,1-2H3. The minimum atomic E-state index is -0.177. The number of hydrogen-bond acceptors (Lipinski definition) is 3. The van der Waals surface area contributed by atoms with Crippen LogP contribution < -0.4 is 0 Å². The van der Waals surface area contributed by atoms with Crippen LogP contribution in [0.3, 0.4) is 0 Å². The zero-order valence-electron chi connectivity index (χ0n) is 19.7. The third-order valence-corrected chi connectivity index (χ3v) is 6.39. The van der Waals surface area contributed by atoms with E-state index in [1.165, 1.54) is 37.1 Å². The molecule has 2 aliphatic rings. The van der Waals surface area contributed by atoms with E-state index >= 15 is 0 Å². The number of hydrogen-bond donors (Lipinski definition) is 0. The van der Waals surface area contributed by atoms with Gasteiger partial charge in [0.2, 0.25) is 0 Å². The molecule has 0 N–H and O–H groups in total. The minimum absolute atomic E-state index is 0.177. The average molecular weight is 411 g/mol. The molecule has 0 saturated carbocycles. The molecule has 1 aromatic carbocycles. The van der Waals surface area contributed by atoms with Crippen molar-refractivity contribution in [3.05, 3.63) is 59.7 Å². The Morgan fingerprint density at radius 1 is 1.03 bits per heavy atom. The first-order chi connectivity index (χ1) is 14.5. The van der Waals surface area contributed by atoms with E-state index in [0.29, 0.717) is 5.78 Å². The number of carbonyl (C=O) groups excluding carboxylic acids is 1. The number of rotatable bonds is 8. The minimum Gasteiger partial charge on any atom is -0.306 e. The van der Waals surface area contributed by atoms with Gasteiger partial charge in [0.05, 0.1) is 5.41 Å². The molecule has 1 heterocycles. The van der Waals surface area contributed by atoms with Gasteiger partial charge in [0.1, 0.15) is 5.78 Å². The first kappa shape index (κ1) is 24.6. The molecule has 0 spiro atoms. The predicted octanol–water partition coefficient (Wildman–Crippen LogP) is 5.87. The zero-order valence-corrected chi connectivity index (χ0v) is 19.7. The summed E-state index contributed by atoms with van der Waals surface area (Å²) in [6, 6.07) is 10.7. The maximum Gasteiger partial charge on any atom is 0.140 e. The van der Waals surface area contributed by atoms with Crippen molar-refractivity contribution in [1.29, 1.82) is 0 Å². The second-order valence-electron chi connectivity index (χ2n) is 8.84. The monoisotopic (exact) mass is 410 g/mol. The zero-order chi connectivity index (χ0) is 21.8. The molecule has 0 aromatic heterocycles. The van der Waals surface area contributed by atoms with Crippen LogP contribution in [0, 0.1) is 5.41 Å². The highest BCUT2D eigenvalue weighted by Gasteiger charge is 2.40. The Balaban J connectivity index is 0.000000216. The molecule has 3 rings (SSSR count). The molecule has 1 aliphatic carbocycles. The first-order valence-corrected chi connectivity index (χ1v) is 11.8. The summed E-state index contributed by atoms with van der Waals surface area (Å²) in [6.45, 7) is 11.8. The fraction of sp³-hybridized carbons (Fsp3) is 0.593. The van der Waals surface area contributed by atoms with Gasteiger partial charge in [0.15, 0.2) is 0 Å². The number of allylic oxidation sites excluding steroid dienone is 4. The van der Waals surface area contributed by atoms with Gasteiger partial charge in [-0.15, -0.1) is 0 Å². The van der Waals surface area contributed by atoms with Crippen molar-refractivity contribution < 1.29 is 4.79 Å². The van der Waals surface area contributed by atoms with E-state index < -0.39 is 0 Å². The lowest BCUT2D eigenvalue weighted by Gasteiger charge is -2.40. The van der Waals surface area contributed by atoms with Crippen LogP contribution >= 0.6 is 0 Å². The molecule has 166 valence electrons. The highest BCUT2D eigenvalue weighted by Crippen LogP contribution is 2.41. The highest BCUT2D eigenvalue weighted by atomic mass is 16.1. The van der Waals surface area contributed by atoms with Crippen LogP contribution in [0.1, 0.15) is 64.9 Å². The molecular weight excluding hydrogens is 368 g/mol. The third-order valence-electron chi connectivity index (χ3n) is 6.39. The van der Waals surface area contributed by atoms with Gasteiger partial charge in [0, 0.05) is 6.54 Å². The predicted molar refractivity (Wildman–Crippen MR) is 129 cm³/mol. The van der Waals surface area contributed by atoms with E-state index in [4.69, 9.17) is 0 Å². The molecule has 3 heteroatoms. The smallest absolute Gasteiger partial charge is 0.140 e. The van der Waals surface area contributed by atoms with Gasteiger partial charge in [-0.25, -0.2) is 0 Å². The summed E-state index contributed by atoms with van der Waals surface area (Å²) in [5.74, 6) is 0.346. The molecule has 0 bridgehead atoms. The second-order valence-corrected chi connectivity index (χ2v) is 8.84. The number of Topliss-reactive ketones (excluding diaryl/α,β-unsaturated/α-hetero) is 1. The molecule has 0 radical (unpaired) electrons. The van der Waals surface area contributed by atoms with Crippen molar-refractivity contribution in [2.75, 3.05) is 33.2 Å². The first-order valence-electron chi connectivity index (χ1n) is 11.8. The van der Waals surface area contributed by atoms with Crippen LogP contribution in [0.5, 0.6) is 0 Å². The van der Waals surface area contributed by atoms with Crippen LogP contribution in [-0.2, 0) is 11.3 Å². The van der Waals surface area contributed by atoms with Gasteiger partial charge < -0.3 is 4.90 Å². The van der Waals surface area contributed by atoms with Gasteiger partial charge >= 0.3 is 0 Å². The molecule has 1 saturated heterocycles. The largest absolute Gasteiger partial charge is 0.306 e. The average Bonchev–Trinajstić information content (AvgIpc) is 2.76. The summed E-state index contributed by atoms with van der Waals surface area (Å²) in [5, 5.41) is 0. The van der Waals surface area contributed by atoms with Crippen molar-refractivity contribution in [3.63, 3.8) is 0 Å². The van der Waals surface area contributed by atoms with Crippen LogP contribution in [0.2, 0.25) is 0 Å². The summed E-state index contributed by atoms with van der Waals surface area (Å²) < 4.78 is 0. The molecule has 1 fully saturated rings. The molecular formula is C27H42N2O. The Kier molecular flexibility index (Phi) is 10.5. The van der Waals surface area contributed by atoms with E-state index in [1.54, 1.807) is 6.92 Å². The molecule has 1 aliphatic heterocycles. The Hall–Kier alpha value is -1.71. The lowest BCUT2D eigenvalue weighted by atomic mass is 9.68. The van der Waals surface area contributed by atoms with Crippen molar-refractivity contribution in [2.45, 2.75) is 65.8 Å². The van der Waals surface area contributed by atoms with E-state index in [0.717, 1.165) is 45.3 Å². The third kappa shape index (κ3) is 7.21. The van der Waals surface area contributed by atoms with Gasteiger partial charge in [-0.05, 0) is 89.8 Å². The maximum atomic E-state index is 12.0. The molecule has 0 amide bonds. The summed E-state index contributed by atoms with van der Waals surface area (Å²) in [7, 11) is 2.13. The van der Waals surface area contributed by atoms with Crippen LogP contribution in [0.4, 0.5) is 0 Å². The van der Waals surface area contributed by atoms with Gasteiger partial charge in [0.25, 0.3) is 0 Å². The number of likely N-dealkylation sites (tertiary alicyclic amines) is 1. The molecule has 3 nitrogen and oxygen atoms in total. The fourth-order valence-corrected chi connectivity index (χ4v) is 4.56. The topological polar surface area (TPSA) is 23.6 Å². The second kappa shape index (κ2) is 12.9. The van der Waals surface area contributed by atoms with Gasteiger partial charge in [-0.3, -0.25) is 9.69 Å². The maximum absolute atomic E-state index is 12.0. The number of benzene rings is 1. The number of ketones is 1. The Bertz CT molecular complexity index is 678. The van der Waals surface area contributed by atoms with E-state index in [1.807, 2.05) is 0 Å². The SMILES string of the molecule is CC(=O)C1(C2=CCCC=C2)CCN(C)CC1.CCCN(CCC)Cc1ccccc1. The number of nitrogens with zero attached hydrogens (tertiary/aromatic N) is 2. The van der Waals surface area contributed by atoms with Crippen LogP contribution in [0.25, 0.3) is 0 Å². The Labute approximate surface area is 184 Å². The van der Waals surface area contributed by atoms with E-state index in [9.17, 15) is 4.79 Å². The Morgan fingerprint density at radius 3 is 2.17 bits per heavy atom. The molecule has 0 atom stereocenters. The van der Waals surface area contributed by atoms with Crippen molar-refractivity contribution in [3.8, 4) is 0 Å². The molecule has 30 heavy (non-hydrogen) atoms. The summed E-state index contributed by atoms with van der Waals surface area (Å²) in [6.07, 6.45) is 13.3. The summed E-state index contributed by atoms with van der Waals surface area (Å²) in [5.41, 5.74) is 2.53. The number of piperidine rings is 1. The molecule has 1 aromatic rings. The van der Waals surface area contributed by atoms with E-state index in [2.05, 4.69) is 79.3 Å². The normalized spacial score (nSPS) is 18.5. The summed E-state index contributed by atoms with van der Waals surface area (Å²) in [4.78, 5) is 16.9. The fourth-order valence-electron chi connectivity index (χ4n) is 4.56.